The van der Waals surface area contributed by atoms with Crippen molar-refractivity contribution >= 4 is 11.8 Å². The second-order valence-electron chi connectivity index (χ2n) is 4.22. The summed E-state index contributed by atoms with van der Waals surface area (Å²) in [4.78, 5) is 23.3. The van der Waals surface area contributed by atoms with E-state index in [4.69, 9.17) is 5.11 Å². The van der Waals surface area contributed by atoms with Crippen LogP contribution in [0, 0.1) is 11.8 Å². The highest BCUT2D eigenvalue weighted by molar-refractivity contribution is 6.00. The van der Waals surface area contributed by atoms with Gasteiger partial charge in [0.2, 0.25) is 0 Å². The van der Waals surface area contributed by atoms with Crippen molar-refractivity contribution in [3.8, 4) is 0 Å². The zero-order chi connectivity index (χ0) is 12.3. The van der Waals surface area contributed by atoms with Crippen molar-refractivity contribution in [1.82, 2.24) is 0 Å². The van der Waals surface area contributed by atoms with Crippen LogP contribution in [0.4, 0.5) is 0 Å². The predicted molar refractivity (Wildman–Crippen MR) is 63.8 cm³/mol. The molecule has 2 rings (SSSR count). The zero-order valence-corrected chi connectivity index (χ0v) is 9.37. The Morgan fingerprint density at radius 1 is 1.00 bits per heavy atom. The van der Waals surface area contributed by atoms with Gasteiger partial charge in [-0.25, -0.2) is 0 Å². The summed E-state index contributed by atoms with van der Waals surface area (Å²) in [5, 5.41) is 9.12. The SMILES string of the molecule is O=C(c1ccccc1)[C@H]1CC=CC[C@H]1C(=O)O. The third-order valence-corrected chi connectivity index (χ3v) is 3.14. The van der Waals surface area contributed by atoms with E-state index in [1.807, 2.05) is 18.2 Å². The fraction of sp³-hybridized carbons (Fsp3) is 0.286. The normalized spacial score (nSPS) is 23.3. The molecule has 1 aliphatic rings. The number of Topliss-reactive ketones (excluding diaryl/α,β-unsaturated/α-hetero) is 1. The van der Waals surface area contributed by atoms with Crippen LogP contribution < -0.4 is 0 Å². The van der Waals surface area contributed by atoms with Crippen molar-refractivity contribution in [1.29, 1.82) is 0 Å². The number of allylic oxidation sites excluding steroid dienone is 2. The first-order valence-electron chi connectivity index (χ1n) is 5.67. The minimum atomic E-state index is -0.886. The van der Waals surface area contributed by atoms with Crippen LogP contribution in [0.25, 0.3) is 0 Å². The Kier molecular flexibility index (Phi) is 3.38. The highest BCUT2D eigenvalue weighted by Crippen LogP contribution is 2.28. The molecular formula is C14H14O3. The van der Waals surface area contributed by atoms with Crippen LogP contribution in [0.15, 0.2) is 42.5 Å². The van der Waals surface area contributed by atoms with E-state index in [1.54, 1.807) is 24.3 Å². The molecule has 0 spiro atoms. The molecule has 1 N–H and O–H groups in total. The number of hydrogen-bond acceptors (Lipinski definition) is 2. The summed E-state index contributed by atoms with van der Waals surface area (Å²) in [5.41, 5.74) is 0.596. The molecule has 88 valence electrons. The third-order valence-electron chi connectivity index (χ3n) is 3.14. The maximum atomic E-state index is 12.2. The van der Waals surface area contributed by atoms with Gasteiger partial charge in [0, 0.05) is 11.5 Å². The highest BCUT2D eigenvalue weighted by atomic mass is 16.4. The first-order chi connectivity index (χ1) is 8.20. The van der Waals surface area contributed by atoms with E-state index in [-0.39, 0.29) is 5.78 Å². The fourth-order valence-electron chi connectivity index (χ4n) is 2.19. The van der Waals surface area contributed by atoms with Crippen LogP contribution in [0.2, 0.25) is 0 Å². The third kappa shape index (κ3) is 2.44. The number of aliphatic carboxylic acids is 1. The van der Waals surface area contributed by atoms with Crippen LogP contribution >= 0.6 is 0 Å². The molecule has 3 nitrogen and oxygen atoms in total. The smallest absolute Gasteiger partial charge is 0.307 e. The monoisotopic (exact) mass is 230 g/mol. The zero-order valence-electron chi connectivity index (χ0n) is 9.37. The molecule has 0 saturated heterocycles. The fourth-order valence-corrected chi connectivity index (χ4v) is 2.19. The van der Waals surface area contributed by atoms with Crippen molar-refractivity contribution in [2.24, 2.45) is 11.8 Å². The predicted octanol–water partition coefficient (Wildman–Crippen LogP) is 2.54. The van der Waals surface area contributed by atoms with E-state index < -0.39 is 17.8 Å². The van der Waals surface area contributed by atoms with E-state index >= 15 is 0 Å². The summed E-state index contributed by atoms with van der Waals surface area (Å²) in [6.45, 7) is 0. The number of hydrogen-bond donors (Lipinski definition) is 1. The van der Waals surface area contributed by atoms with Crippen LogP contribution in [0.1, 0.15) is 23.2 Å². The maximum absolute atomic E-state index is 12.2. The van der Waals surface area contributed by atoms with Crippen LogP contribution in [0.3, 0.4) is 0 Å². The summed E-state index contributed by atoms with van der Waals surface area (Å²) >= 11 is 0. The standard InChI is InChI=1S/C14H14O3/c15-13(10-6-2-1-3-7-10)11-8-4-5-9-12(11)14(16)17/h1-7,11-12H,8-9H2,(H,16,17)/t11-,12+/m0/s1. The highest BCUT2D eigenvalue weighted by Gasteiger charge is 2.34. The molecule has 1 aliphatic carbocycles. The number of carbonyl (C=O) groups excluding carboxylic acids is 1. The Morgan fingerprint density at radius 2 is 1.59 bits per heavy atom. The first kappa shape index (κ1) is 11.6. The molecule has 0 unspecified atom stereocenters. The second-order valence-corrected chi connectivity index (χ2v) is 4.22. The lowest BCUT2D eigenvalue weighted by Gasteiger charge is -2.23. The average Bonchev–Trinajstić information content (AvgIpc) is 2.39. The van der Waals surface area contributed by atoms with Gasteiger partial charge < -0.3 is 5.11 Å². The molecule has 0 saturated carbocycles. The summed E-state index contributed by atoms with van der Waals surface area (Å²) in [7, 11) is 0. The number of ketones is 1. The molecule has 1 aromatic rings. The Bertz CT molecular complexity index is 448. The van der Waals surface area contributed by atoms with Crippen molar-refractivity contribution in [2.75, 3.05) is 0 Å². The number of benzene rings is 1. The summed E-state index contributed by atoms with van der Waals surface area (Å²) in [5.74, 6) is -1.97. The molecular weight excluding hydrogens is 216 g/mol. The van der Waals surface area contributed by atoms with Crippen LogP contribution in [-0.2, 0) is 4.79 Å². The number of carboxylic acids is 1. The van der Waals surface area contributed by atoms with Crippen molar-refractivity contribution < 1.29 is 14.7 Å². The second kappa shape index (κ2) is 4.95. The van der Waals surface area contributed by atoms with Crippen LogP contribution in [0.5, 0.6) is 0 Å². The van der Waals surface area contributed by atoms with E-state index in [9.17, 15) is 9.59 Å². The van der Waals surface area contributed by atoms with E-state index in [1.165, 1.54) is 0 Å². The number of carboxylic acid groups (broad SMARTS) is 1. The van der Waals surface area contributed by atoms with Gasteiger partial charge in [0.25, 0.3) is 0 Å². The molecule has 0 aromatic heterocycles. The van der Waals surface area contributed by atoms with Gasteiger partial charge in [-0.15, -0.1) is 0 Å². The van der Waals surface area contributed by atoms with E-state index in [0.717, 1.165) is 0 Å². The van der Waals surface area contributed by atoms with E-state index in [2.05, 4.69) is 0 Å². The lowest BCUT2D eigenvalue weighted by molar-refractivity contribution is -0.143. The van der Waals surface area contributed by atoms with Crippen molar-refractivity contribution in [2.45, 2.75) is 12.8 Å². The Hall–Kier alpha value is -1.90. The van der Waals surface area contributed by atoms with Crippen LogP contribution in [-0.4, -0.2) is 16.9 Å². The minimum absolute atomic E-state index is 0.0673. The Labute approximate surface area is 99.8 Å². The molecule has 0 heterocycles. The van der Waals surface area contributed by atoms with Crippen molar-refractivity contribution in [3.63, 3.8) is 0 Å². The van der Waals surface area contributed by atoms with Crippen molar-refractivity contribution in [3.05, 3.63) is 48.0 Å². The maximum Gasteiger partial charge on any atom is 0.307 e. The molecule has 0 amide bonds. The van der Waals surface area contributed by atoms with Gasteiger partial charge in [0.15, 0.2) is 5.78 Å². The lowest BCUT2D eigenvalue weighted by atomic mass is 9.78. The summed E-state index contributed by atoms with van der Waals surface area (Å²) in [6, 6.07) is 8.90. The molecule has 2 atom stereocenters. The first-order valence-corrected chi connectivity index (χ1v) is 5.67. The molecule has 0 aliphatic heterocycles. The van der Waals surface area contributed by atoms with Gasteiger partial charge in [-0.1, -0.05) is 42.5 Å². The average molecular weight is 230 g/mol. The summed E-state index contributed by atoms with van der Waals surface area (Å²) < 4.78 is 0. The number of rotatable bonds is 3. The molecule has 0 radical (unpaired) electrons. The molecule has 0 bridgehead atoms. The summed E-state index contributed by atoms with van der Waals surface area (Å²) in [6.07, 6.45) is 4.70. The quantitative estimate of drug-likeness (QED) is 0.641. The van der Waals surface area contributed by atoms with Gasteiger partial charge in [-0.2, -0.15) is 0 Å². The van der Waals surface area contributed by atoms with Gasteiger partial charge >= 0.3 is 5.97 Å². The Balaban J connectivity index is 2.24. The molecule has 17 heavy (non-hydrogen) atoms. The molecule has 1 aromatic carbocycles. The Morgan fingerprint density at radius 3 is 2.18 bits per heavy atom. The minimum Gasteiger partial charge on any atom is -0.481 e. The topological polar surface area (TPSA) is 54.4 Å². The van der Waals surface area contributed by atoms with Gasteiger partial charge in [-0.3, -0.25) is 9.59 Å². The lowest BCUT2D eigenvalue weighted by Crippen LogP contribution is -2.31. The largest absolute Gasteiger partial charge is 0.481 e. The van der Waals surface area contributed by atoms with Gasteiger partial charge in [0.1, 0.15) is 0 Å². The van der Waals surface area contributed by atoms with Gasteiger partial charge in [-0.05, 0) is 12.8 Å². The van der Waals surface area contributed by atoms with Gasteiger partial charge in [0.05, 0.1) is 5.92 Å². The molecule has 0 fully saturated rings. The van der Waals surface area contributed by atoms with E-state index in [0.29, 0.717) is 18.4 Å². The molecule has 3 heteroatoms. The number of carbonyl (C=O) groups is 2.